The maximum absolute atomic E-state index is 6.06. The SMILES string of the molecule is COc1ccccc1NC1=Nc2c(OC)cc(Cl)cc2SN1. The van der Waals surface area contributed by atoms with Crippen molar-refractivity contribution < 1.29 is 9.47 Å². The molecule has 0 fully saturated rings. The first-order valence-corrected chi connectivity index (χ1v) is 7.70. The normalized spacial score (nSPS) is 12.8. The number of hydrogen-bond acceptors (Lipinski definition) is 6. The third-order valence-electron chi connectivity index (χ3n) is 3.07. The molecule has 0 spiro atoms. The number of para-hydroxylation sites is 2. The van der Waals surface area contributed by atoms with Crippen LogP contribution < -0.4 is 19.5 Å². The lowest BCUT2D eigenvalue weighted by Gasteiger charge is -2.20. The van der Waals surface area contributed by atoms with Gasteiger partial charge in [-0.3, -0.25) is 4.72 Å². The lowest BCUT2D eigenvalue weighted by molar-refractivity contribution is 0.415. The first kappa shape index (κ1) is 14.9. The van der Waals surface area contributed by atoms with Gasteiger partial charge in [0.1, 0.15) is 17.2 Å². The van der Waals surface area contributed by atoms with Gasteiger partial charge in [0.25, 0.3) is 0 Å². The van der Waals surface area contributed by atoms with E-state index < -0.39 is 0 Å². The van der Waals surface area contributed by atoms with Crippen LogP contribution in [0.1, 0.15) is 0 Å². The Balaban J connectivity index is 1.94. The van der Waals surface area contributed by atoms with Crippen molar-refractivity contribution in [3.63, 3.8) is 0 Å². The Kier molecular flexibility index (Phi) is 4.31. The van der Waals surface area contributed by atoms with Gasteiger partial charge >= 0.3 is 0 Å². The van der Waals surface area contributed by atoms with E-state index in [4.69, 9.17) is 21.1 Å². The highest BCUT2D eigenvalue weighted by Crippen LogP contribution is 2.41. The van der Waals surface area contributed by atoms with Crippen LogP contribution in [0.5, 0.6) is 11.5 Å². The standard InChI is InChI=1S/C15H14ClN3O2S/c1-20-11-6-4-3-5-10(11)17-15-18-14-12(21-2)7-9(16)8-13(14)22-19-15/h3-8H,1-2H3,(H2,17,18,19). The molecule has 0 radical (unpaired) electrons. The number of benzene rings is 2. The second-order valence-electron chi connectivity index (χ2n) is 4.44. The number of methoxy groups -OCH3 is 2. The van der Waals surface area contributed by atoms with Crippen LogP contribution in [0.3, 0.4) is 0 Å². The van der Waals surface area contributed by atoms with E-state index >= 15 is 0 Å². The first-order chi connectivity index (χ1) is 10.7. The molecule has 0 aromatic heterocycles. The van der Waals surface area contributed by atoms with Gasteiger partial charge in [-0.1, -0.05) is 23.7 Å². The molecule has 0 amide bonds. The average Bonchev–Trinajstić information content (AvgIpc) is 2.55. The molecule has 2 N–H and O–H groups in total. The highest BCUT2D eigenvalue weighted by Gasteiger charge is 2.18. The van der Waals surface area contributed by atoms with Crippen LogP contribution in [0, 0.1) is 0 Å². The van der Waals surface area contributed by atoms with Crippen molar-refractivity contribution in [3.8, 4) is 11.5 Å². The molecule has 5 nitrogen and oxygen atoms in total. The van der Waals surface area contributed by atoms with E-state index in [2.05, 4.69) is 15.0 Å². The largest absolute Gasteiger partial charge is 0.495 e. The second kappa shape index (κ2) is 6.37. The number of guanidine groups is 1. The summed E-state index contributed by atoms with van der Waals surface area (Å²) < 4.78 is 13.8. The lowest BCUT2D eigenvalue weighted by atomic mass is 10.3. The van der Waals surface area contributed by atoms with E-state index in [-0.39, 0.29) is 0 Å². The van der Waals surface area contributed by atoms with Crippen molar-refractivity contribution in [2.75, 3.05) is 19.5 Å². The van der Waals surface area contributed by atoms with Gasteiger partial charge in [0.2, 0.25) is 5.96 Å². The van der Waals surface area contributed by atoms with Gasteiger partial charge in [0, 0.05) is 11.1 Å². The highest BCUT2D eigenvalue weighted by atomic mass is 35.5. The zero-order valence-electron chi connectivity index (χ0n) is 12.0. The monoisotopic (exact) mass is 335 g/mol. The third kappa shape index (κ3) is 2.93. The Morgan fingerprint density at radius 1 is 1.14 bits per heavy atom. The molecule has 0 saturated heterocycles. The molecule has 1 aliphatic heterocycles. The number of ether oxygens (including phenoxy) is 2. The van der Waals surface area contributed by atoms with Crippen molar-refractivity contribution in [2.24, 2.45) is 4.99 Å². The zero-order valence-corrected chi connectivity index (χ0v) is 13.6. The predicted molar refractivity (Wildman–Crippen MR) is 90.7 cm³/mol. The molecule has 0 bridgehead atoms. The van der Waals surface area contributed by atoms with Crippen LogP contribution in [0.4, 0.5) is 11.4 Å². The molecule has 7 heteroatoms. The average molecular weight is 336 g/mol. The predicted octanol–water partition coefficient (Wildman–Crippen LogP) is 4.07. The van der Waals surface area contributed by atoms with Crippen LogP contribution in [-0.4, -0.2) is 20.2 Å². The number of rotatable bonds is 3. The number of nitrogens with zero attached hydrogens (tertiary/aromatic N) is 1. The molecule has 0 atom stereocenters. The molecular formula is C15H14ClN3O2S. The summed E-state index contributed by atoms with van der Waals surface area (Å²) in [5.41, 5.74) is 1.57. The summed E-state index contributed by atoms with van der Waals surface area (Å²) in [4.78, 5) is 5.47. The Labute approximate surface area is 137 Å². The Hall–Kier alpha value is -2.05. The topological polar surface area (TPSA) is 54.9 Å². The summed E-state index contributed by atoms with van der Waals surface area (Å²) in [5.74, 6) is 1.98. The molecule has 2 aromatic carbocycles. The van der Waals surface area contributed by atoms with Crippen LogP contribution in [0.15, 0.2) is 46.3 Å². The second-order valence-corrected chi connectivity index (χ2v) is 5.73. The number of fused-ring (bicyclic) bond motifs is 1. The molecule has 0 unspecified atom stereocenters. The minimum Gasteiger partial charge on any atom is -0.495 e. The number of anilines is 1. The van der Waals surface area contributed by atoms with E-state index in [0.29, 0.717) is 16.7 Å². The summed E-state index contributed by atoms with van der Waals surface area (Å²) in [6.45, 7) is 0. The van der Waals surface area contributed by atoms with Gasteiger partial charge in [0.15, 0.2) is 0 Å². The summed E-state index contributed by atoms with van der Waals surface area (Å²) in [6.07, 6.45) is 0. The molecule has 0 saturated carbocycles. The number of nitrogens with one attached hydrogen (secondary N) is 2. The minimum absolute atomic E-state index is 0.600. The summed E-state index contributed by atoms with van der Waals surface area (Å²) in [6, 6.07) is 11.2. The summed E-state index contributed by atoms with van der Waals surface area (Å²) in [7, 11) is 3.23. The Morgan fingerprint density at radius 2 is 1.91 bits per heavy atom. The van der Waals surface area contributed by atoms with Crippen molar-refractivity contribution in [2.45, 2.75) is 4.90 Å². The maximum Gasteiger partial charge on any atom is 0.211 e. The molecular weight excluding hydrogens is 322 g/mol. The minimum atomic E-state index is 0.600. The van der Waals surface area contributed by atoms with Gasteiger partial charge in [-0.15, -0.1) is 0 Å². The number of hydrogen-bond donors (Lipinski definition) is 2. The fourth-order valence-electron chi connectivity index (χ4n) is 2.06. The van der Waals surface area contributed by atoms with Crippen LogP contribution in [0.25, 0.3) is 0 Å². The quantitative estimate of drug-likeness (QED) is 0.828. The van der Waals surface area contributed by atoms with Gasteiger partial charge in [-0.05, 0) is 30.1 Å². The number of aliphatic imine (C=N–C) groups is 1. The van der Waals surface area contributed by atoms with Crippen molar-refractivity contribution in [3.05, 3.63) is 41.4 Å². The fourth-order valence-corrected chi connectivity index (χ4v) is 3.07. The van der Waals surface area contributed by atoms with Crippen molar-refractivity contribution >= 4 is 40.9 Å². The molecule has 2 aromatic rings. The van der Waals surface area contributed by atoms with Crippen LogP contribution in [-0.2, 0) is 0 Å². The molecule has 1 heterocycles. The molecule has 114 valence electrons. The van der Waals surface area contributed by atoms with E-state index in [0.717, 1.165) is 22.0 Å². The van der Waals surface area contributed by atoms with Gasteiger partial charge < -0.3 is 14.8 Å². The van der Waals surface area contributed by atoms with Crippen molar-refractivity contribution in [1.82, 2.24) is 4.72 Å². The molecule has 22 heavy (non-hydrogen) atoms. The maximum atomic E-state index is 6.06. The van der Waals surface area contributed by atoms with E-state index in [9.17, 15) is 0 Å². The van der Waals surface area contributed by atoms with Crippen LogP contribution >= 0.6 is 23.5 Å². The van der Waals surface area contributed by atoms with Gasteiger partial charge in [-0.2, -0.15) is 0 Å². The third-order valence-corrected chi connectivity index (χ3v) is 4.11. The lowest BCUT2D eigenvalue weighted by Crippen LogP contribution is -2.27. The Morgan fingerprint density at radius 3 is 2.68 bits per heavy atom. The number of halogens is 1. The zero-order chi connectivity index (χ0) is 15.5. The van der Waals surface area contributed by atoms with Crippen molar-refractivity contribution in [1.29, 1.82) is 0 Å². The van der Waals surface area contributed by atoms with Gasteiger partial charge in [-0.25, -0.2) is 4.99 Å². The van der Waals surface area contributed by atoms with E-state index in [1.165, 1.54) is 11.9 Å². The summed E-state index contributed by atoms with van der Waals surface area (Å²) in [5, 5.41) is 3.82. The molecule has 0 aliphatic carbocycles. The summed E-state index contributed by atoms with van der Waals surface area (Å²) >= 11 is 7.49. The van der Waals surface area contributed by atoms with Crippen LogP contribution in [0.2, 0.25) is 5.02 Å². The van der Waals surface area contributed by atoms with E-state index in [1.54, 1.807) is 20.3 Å². The first-order valence-electron chi connectivity index (χ1n) is 6.50. The Bertz CT molecular complexity index is 737. The van der Waals surface area contributed by atoms with Gasteiger partial charge in [0.05, 0.1) is 24.8 Å². The smallest absolute Gasteiger partial charge is 0.211 e. The molecule has 1 aliphatic rings. The fraction of sp³-hybridized carbons (Fsp3) is 0.133. The van der Waals surface area contributed by atoms with E-state index in [1.807, 2.05) is 30.3 Å². The highest BCUT2D eigenvalue weighted by molar-refractivity contribution is 7.98. The molecule has 3 rings (SSSR count).